The van der Waals surface area contributed by atoms with Crippen LogP contribution in [-0.4, -0.2) is 68.8 Å². The van der Waals surface area contributed by atoms with Crippen molar-refractivity contribution in [3.63, 3.8) is 0 Å². The van der Waals surface area contributed by atoms with E-state index in [0.29, 0.717) is 43.5 Å². The number of carbonyl (C=O) groups is 1. The van der Waals surface area contributed by atoms with Gasteiger partial charge in [-0.2, -0.15) is 5.10 Å². The topological polar surface area (TPSA) is 111 Å². The molecule has 2 bridgehead atoms. The Morgan fingerprint density at radius 3 is 2.52 bits per heavy atom. The van der Waals surface area contributed by atoms with Crippen molar-refractivity contribution in [1.82, 2.24) is 25.1 Å². The number of aliphatic carboxylic acids is 1. The Labute approximate surface area is 311 Å². The highest BCUT2D eigenvalue weighted by atomic mass is 16.5. The number of rotatable bonds is 8. The van der Waals surface area contributed by atoms with Crippen LogP contribution in [0.25, 0.3) is 11.4 Å². The first-order valence-corrected chi connectivity index (χ1v) is 20.3. The molecule has 6 aliphatic rings. The summed E-state index contributed by atoms with van der Waals surface area (Å²) in [6.07, 6.45) is 15.9. The Morgan fingerprint density at radius 2 is 1.83 bits per heavy atom. The third-order valence-corrected chi connectivity index (χ3v) is 17.0. The highest BCUT2D eigenvalue weighted by Crippen LogP contribution is 2.75. The van der Waals surface area contributed by atoms with E-state index >= 15 is 0 Å². The molecule has 0 amide bonds. The number of ether oxygens (including phenoxy) is 2. The van der Waals surface area contributed by atoms with Crippen molar-refractivity contribution < 1.29 is 19.4 Å². The Morgan fingerprint density at radius 1 is 1.06 bits per heavy atom. The molecule has 0 radical (unpaired) electrons. The smallest absolute Gasteiger partial charge is 0.307 e. The van der Waals surface area contributed by atoms with Gasteiger partial charge in [0.2, 0.25) is 0 Å². The molecule has 284 valence electrons. The third kappa shape index (κ3) is 5.03. The zero-order valence-corrected chi connectivity index (χ0v) is 33.0. The minimum atomic E-state index is -0.612. The zero-order chi connectivity index (χ0) is 36.9. The average molecular weight is 714 g/mol. The first-order chi connectivity index (χ1) is 24.6. The van der Waals surface area contributed by atoms with Crippen LogP contribution in [0.1, 0.15) is 113 Å². The van der Waals surface area contributed by atoms with E-state index in [1.54, 1.807) is 6.33 Å². The number of hydrogen-bond donors (Lipinski definition) is 2. The maximum absolute atomic E-state index is 13.6. The molecule has 4 heterocycles. The minimum Gasteiger partial charge on any atom is -0.481 e. The van der Waals surface area contributed by atoms with Crippen molar-refractivity contribution in [3.8, 4) is 11.4 Å². The number of aromatic nitrogens is 4. The van der Waals surface area contributed by atoms with Crippen molar-refractivity contribution in [2.75, 3.05) is 26.4 Å². The van der Waals surface area contributed by atoms with Gasteiger partial charge in [-0.25, -0.2) is 9.67 Å². The second-order valence-corrected chi connectivity index (χ2v) is 19.7. The van der Waals surface area contributed by atoms with Crippen LogP contribution in [-0.2, 0) is 14.3 Å². The Bertz CT molecular complexity index is 1700. The molecule has 2 aliphatic heterocycles. The largest absolute Gasteiger partial charge is 0.481 e. The fourth-order valence-electron chi connectivity index (χ4n) is 13.7. The Hall–Kier alpha value is -2.62. The van der Waals surface area contributed by atoms with Crippen LogP contribution in [0.2, 0.25) is 0 Å². The fourth-order valence-corrected chi connectivity index (χ4v) is 13.7. The number of carboxylic acid groups (broad SMARTS) is 1. The Balaban J connectivity index is 1.24. The quantitative estimate of drug-likeness (QED) is 0.265. The van der Waals surface area contributed by atoms with Crippen LogP contribution in [0.3, 0.4) is 0 Å². The lowest BCUT2D eigenvalue weighted by Gasteiger charge is -2.71. The molecular formula is C43H63N5O4. The first-order valence-electron chi connectivity index (χ1n) is 20.3. The molecule has 3 saturated carbocycles. The van der Waals surface area contributed by atoms with E-state index in [1.807, 2.05) is 24.5 Å². The molecule has 12 atom stereocenters. The fraction of sp³-hybridized carbons (Fsp3) is 0.767. The van der Waals surface area contributed by atoms with Gasteiger partial charge in [0.05, 0.1) is 37.9 Å². The van der Waals surface area contributed by atoms with Gasteiger partial charge >= 0.3 is 5.97 Å². The van der Waals surface area contributed by atoms with E-state index in [-0.39, 0.29) is 44.8 Å². The molecule has 9 nitrogen and oxygen atoms in total. The van der Waals surface area contributed by atoms with E-state index in [0.717, 1.165) is 62.9 Å². The van der Waals surface area contributed by atoms with E-state index in [9.17, 15) is 9.90 Å². The highest BCUT2D eigenvalue weighted by molar-refractivity contribution is 5.73. The van der Waals surface area contributed by atoms with E-state index in [4.69, 9.17) is 19.6 Å². The van der Waals surface area contributed by atoms with Gasteiger partial charge in [0, 0.05) is 34.3 Å². The predicted octanol–water partition coefficient (Wildman–Crippen LogP) is 8.00. The third-order valence-electron chi connectivity index (χ3n) is 17.0. The van der Waals surface area contributed by atoms with E-state index in [1.165, 1.54) is 12.0 Å². The second-order valence-electron chi connectivity index (χ2n) is 19.7. The molecule has 8 rings (SSSR count). The molecule has 4 aliphatic carbocycles. The minimum absolute atomic E-state index is 0.0464. The second kappa shape index (κ2) is 12.5. The number of fused-ring (bicyclic) bond motifs is 3. The van der Waals surface area contributed by atoms with Gasteiger partial charge in [-0.05, 0) is 117 Å². The summed E-state index contributed by atoms with van der Waals surface area (Å²) in [4.78, 5) is 22.7. The highest BCUT2D eigenvalue weighted by Gasteiger charge is 2.72. The van der Waals surface area contributed by atoms with Crippen molar-refractivity contribution in [1.29, 1.82) is 0 Å². The summed E-state index contributed by atoms with van der Waals surface area (Å²) in [6, 6.07) is 4.00. The average Bonchev–Trinajstić information content (AvgIpc) is 3.77. The maximum atomic E-state index is 13.6. The molecule has 52 heavy (non-hydrogen) atoms. The summed E-state index contributed by atoms with van der Waals surface area (Å²) in [7, 11) is 0. The molecule has 0 unspecified atom stereocenters. The summed E-state index contributed by atoms with van der Waals surface area (Å²) in [6.45, 7) is 21.7. The van der Waals surface area contributed by atoms with Gasteiger partial charge < -0.3 is 19.9 Å². The number of allylic oxidation sites excluding steroid dienone is 1. The molecule has 2 saturated heterocycles. The summed E-state index contributed by atoms with van der Waals surface area (Å²) < 4.78 is 16.3. The molecule has 2 aromatic heterocycles. The summed E-state index contributed by atoms with van der Waals surface area (Å²) >= 11 is 0. The molecule has 5 fully saturated rings. The van der Waals surface area contributed by atoms with Gasteiger partial charge in [-0.1, -0.05) is 60.1 Å². The standard InChI is InChI=1S/C43H63N5O4/c1-27(2)28(3)39(5)17-18-41(7)30-10-11-33-40(6)24-51-25-43(33,31(30)12-16-42(41,8)34(39)37(49)50)22-32(35(40)52-23-38(4)15-9-19-46-38)48-36(45-26-47-48)29-13-20-44-21-14-29/h12-14,20-21,26-28,30,32-35,46H,9-11,15-19,22-25H2,1-8H3,(H,49,50)/t28-,30+,32-,33+,34-,35+,38-,39-,40-,41-,42+,43+/m1/s1. The van der Waals surface area contributed by atoms with Crippen LogP contribution < -0.4 is 5.32 Å². The number of carboxylic acids is 1. The van der Waals surface area contributed by atoms with Crippen LogP contribution >= 0.6 is 0 Å². The van der Waals surface area contributed by atoms with Gasteiger partial charge in [-0.15, -0.1) is 0 Å². The monoisotopic (exact) mass is 713 g/mol. The number of nitrogens with one attached hydrogen (secondary N) is 1. The number of nitrogens with zero attached hydrogens (tertiary/aromatic N) is 4. The van der Waals surface area contributed by atoms with Crippen molar-refractivity contribution in [3.05, 3.63) is 42.5 Å². The molecule has 9 heteroatoms. The molecule has 2 aromatic rings. The van der Waals surface area contributed by atoms with Crippen molar-refractivity contribution in [2.24, 2.45) is 56.7 Å². The lowest BCUT2D eigenvalue weighted by molar-refractivity contribution is -0.252. The van der Waals surface area contributed by atoms with Crippen molar-refractivity contribution in [2.45, 2.75) is 124 Å². The maximum Gasteiger partial charge on any atom is 0.307 e. The summed E-state index contributed by atoms with van der Waals surface area (Å²) in [5.74, 6) is 1.28. The molecule has 2 N–H and O–H groups in total. The van der Waals surface area contributed by atoms with Crippen LogP contribution in [0.5, 0.6) is 0 Å². The van der Waals surface area contributed by atoms with E-state index in [2.05, 4.69) is 76.4 Å². The molecule has 0 spiro atoms. The normalized spacial score (nSPS) is 44.7. The Kier molecular flexibility index (Phi) is 8.71. The van der Waals surface area contributed by atoms with E-state index < -0.39 is 11.9 Å². The first kappa shape index (κ1) is 36.4. The number of pyridine rings is 1. The predicted molar refractivity (Wildman–Crippen MR) is 201 cm³/mol. The summed E-state index contributed by atoms with van der Waals surface area (Å²) in [5, 5.41) is 19.9. The van der Waals surface area contributed by atoms with Gasteiger partial charge in [0.25, 0.3) is 0 Å². The van der Waals surface area contributed by atoms with Gasteiger partial charge in [0.15, 0.2) is 5.82 Å². The zero-order valence-electron chi connectivity index (χ0n) is 33.0. The molecule has 0 aromatic carbocycles. The lowest BCUT2D eigenvalue weighted by Crippen LogP contribution is -2.69. The molecular weight excluding hydrogens is 651 g/mol. The van der Waals surface area contributed by atoms with Crippen LogP contribution in [0, 0.1) is 56.7 Å². The van der Waals surface area contributed by atoms with Crippen LogP contribution in [0.4, 0.5) is 0 Å². The lowest BCUT2D eigenvalue weighted by atomic mass is 9.34. The van der Waals surface area contributed by atoms with Crippen LogP contribution in [0.15, 0.2) is 42.5 Å². The SMILES string of the molecule is CC(C)[C@@H](C)[C@@]1(C)CC[C@]2(C)[C@H]3CC[C@@H]4[C@@]5(COC[C@@]4(C)[C@@H](OC[C@@]4(C)CCCN4)[C@H](n4ncnc4-c4ccncc4)C5)C3=CC[C@@]2(C)[C@@H]1C(=O)O. The van der Waals surface area contributed by atoms with Gasteiger partial charge in [0.1, 0.15) is 6.33 Å². The van der Waals surface area contributed by atoms with Gasteiger partial charge in [-0.3, -0.25) is 9.78 Å². The van der Waals surface area contributed by atoms with Crippen molar-refractivity contribution >= 4 is 5.97 Å². The summed E-state index contributed by atoms with van der Waals surface area (Å²) in [5.41, 5.74) is 1.32. The number of hydrogen-bond acceptors (Lipinski definition) is 7.